The summed E-state index contributed by atoms with van der Waals surface area (Å²) in [6, 6.07) is 0. The third-order valence-corrected chi connectivity index (χ3v) is 1.53. The summed E-state index contributed by atoms with van der Waals surface area (Å²) in [7, 11) is 1.33. The first kappa shape index (κ1) is 9.43. The van der Waals surface area contributed by atoms with Gasteiger partial charge in [0.05, 0.1) is 19.1 Å². The molecule has 0 aliphatic carbocycles. The molecule has 0 heterocycles. The van der Waals surface area contributed by atoms with Crippen LogP contribution in [-0.2, 0) is 9.53 Å². The van der Waals surface area contributed by atoms with Crippen LogP contribution in [-0.4, -0.2) is 24.3 Å². The molecule has 0 rings (SSSR count). The molecule has 0 fully saturated rings. The van der Waals surface area contributed by atoms with Crippen molar-refractivity contribution in [2.75, 3.05) is 7.11 Å². The molecule has 0 aromatic rings. The fraction of sp³-hybridized carbons (Fsp3) is 0.857. The molecular weight excluding hydrogens is 132 g/mol. The Kier molecular flexibility index (Phi) is 4.03. The second-order valence-electron chi connectivity index (χ2n) is 2.28. The molecule has 0 aliphatic rings. The second-order valence-corrected chi connectivity index (χ2v) is 2.28. The fourth-order valence-corrected chi connectivity index (χ4v) is 0.856. The third-order valence-electron chi connectivity index (χ3n) is 1.53. The fourth-order valence-electron chi connectivity index (χ4n) is 0.856. The van der Waals surface area contributed by atoms with Gasteiger partial charge in [-0.2, -0.15) is 0 Å². The van der Waals surface area contributed by atoms with Crippen molar-refractivity contribution in [3.05, 3.63) is 0 Å². The van der Waals surface area contributed by atoms with Crippen molar-refractivity contribution in [3.63, 3.8) is 0 Å². The first-order valence-electron chi connectivity index (χ1n) is 3.39. The highest BCUT2D eigenvalue weighted by molar-refractivity contribution is 5.72. The van der Waals surface area contributed by atoms with Crippen LogP contribution in [0.1, 0.15) is 20.3 Å². The zero-order chi connectivity index (χ0) is 8.15. The van der Waals surface area contributed by atoms with E-state index >= 15 is 0 Å². The van der Waals surface area contributed by atoms with Gasteiger partial charge in [-0.25, -0.2) is 0 Å². The molecular formula is C7H14O3. The van der Waals surface area contributed by atoms with E-state index in [0.717, 1.165) is 0 Å². The SMILES string of the molecule is CCC(C(=O)OC)C(C)O. The van der Waals surface area contributed by atoms with Crippen LogP contribution in [0, 0.1) is 5.92 Å². The van der Waals surface area contributed by atoms with Crippen LogP contribution >= 0.6 is 0 Å². The van der Waals surface area contributed by atoms with E-state index < -0.39 is 6.10 Å². The van der Waals surface area contributed by atoms with Crippen LogP contribution in [0.5, 0.6) is 0 Å². The van der Waals surface area contributed by atoms with Crippen molar-refractivity contribution in [1.82, 2.24) is 0 Å². The molecule has 2 atom stereocenters. The van der Waals surface area contributed by atoms with Crippen molar-refractivity contribution in [1.29, 1.82) is 0 Å². The third kappa shape index (κ3) is 2.35. The molecule has 0 aliphatic heterocycles. The topological polar surface area (TPSA) is 46.5 Å². The minimum Gasteiger partial charge on any atom is -0.469 e. The quantitative estimate of drug-likeness (QED) is 0.592. The Morgan fingerprint density at radius 3 is 2.30 bits per heavy atom. The molecule has 1 N–H and O–H groups in total. The van der Waals surface area contributed by atoms with Crippen molar-refractivity contribution in [2.45, 2.75) is 26.4 Å². The van der Waals surface area contributed by atoms with Gasteiger partial charge in [-0.3, -0.25) is 4.79 Å². The molecule has 0 aromatic carbocycles. The summed E-state index contributed by atoms with van der Waals surface area (Å²) >= 11 is 0. The zero-order valence-corrected chi connectivity index (χ0v) is 6.63. The Balaban J connectivity index is 3.93. The van der Waals surface area contributed by atoms with Gasteiger partial charge in [0.1, 0.15) is 0 Å². The molecule has 0 radical (unpaired) electrons. The summed E-state index contributed by atoms with van der Waals surface area (Å²) in [6.45, 7) is 3.43. The van der Waals surface area contributed by atoms with Crippen molar-refractivity contribution < 1.29 is 14.6 Å². The molecule has 0 spiro atoms. The standard InChI is InChI=1S/C7H14O3/c1-4-6(5(2)8)7(9)10-3/h5-6,8H,4H2,1-3H3. The molecule has 2 unspecified atom stereocenters. The molecule has 60 valence electrons. The first-order chi connectivity index (χ1) is 4.63. The van der Waals surface area contributed by atoms with Gasteiger partial charge in [-0.1, -0.05) is 6.92 Å². The van der Waals surface area contributed by atoms with E-state index in [0.29, 0.717) is 6.42 Å². The largest absolute Gasteiger partial charge is 0.469 e. The summed E-state index contributed by atoms with van der Waals surface area (Å²) in [4.78, 5) is 10.8. The van der Waals surface area contributed by atoms with Gasteiger partial charge in [0.15, 0.2) is 0 Å². The van der Waals surface area contributed by atoms with Crippen LogP contribution < -0.4 is 0 Å². The Morgan fingerprint density at radius 2 is 2.20 bits per heavy atom. The van der Waals surface area contributed by atoms with Gasteiger partial charge >= 0.3 is 5.97 Å². The Bertz CT molecular complexity index is 109. The first-order valence-corrected chi connectivity index (χ1v) is 3.39. The molecule has 0 bridgehead atoms. The van der Waals surface area contributed by atoms with Crippen molar-refractivity contribution in [2.24, 2.45) is 5.92 Å². The highest BCUT2D eigenvalue weighted by Crippen LogP contribution is 2.09. The number of hydrogen-bond acceptors (Lipinski definition) is 3. The van der Waals surface area contributed by atoms with E-state index in [2.05, 4.69) is 4.74 Å². The van der Waals surface area contributed by atoms with E-state index in [4.69, 9.17) is 5.11 Å². The summed E-state index contributed by atoms with van der Waals surface area (Å²) < 4.78 is 4.47. The number of rotatable bonds is 3. The van der Waals surface area contributed by atoms with Gasteiger partial charge in [0, 0.05) is 0 Å². The van der Waals surface area contributed by atoms with E-state index in [9.17, 15) is 4.79 Å². The predicted molar refractivity (Wildman–Crippen MR) is 37.5 cm³/mol. The van der Waals surface area contributed by atoms with Crippen molar-refractivity contribution in [3.8, 4) is 0 Å². The monoisotopic (exact) mass is 146 g/mol. The second kappa shape index (κ2) is 4.28. The lowest BCUT2D eigenvalue weighted by Gasteiger charge is -2.14. The molecule has 0 saturated carbocycles. The summed E-state index contributed by atoms with van der Waals surface area (Å²) in [5, 5.41) is 9.01. The highest BCUT2D eigenvalue weighted by atomic mass is 16.5. The molecule has 0 amide bonds. The average molecular weight is 146 g/mol. The smallest absolute Gasteiger partial charge is 0.311 e. The van der Waals surface area contributed by atoms with Crippen LogP contribution in [0.15, 0.2) is 0 Å². The summed E-state index contributed by atoms with van der Waals surface area (Å²) in [6.07, 6.45) is 0.00194. The number of esters is 1. The van der Waals surface area contributed by atoms with Gasteiger partial charge in [0.25, 0.3) is 0 Å². The number of aliphatic hydroxyl groups excluding tert-OH is 1. The van der Waals surface area contributed by atoms with Gasteiger partial charge in [0.2, 0.25) is 0 Å². The van der Waals surface area contributed by atoms with Gasteiger partial charge in [-0.15, -0.1) is 0 Å². The van der Waals surface area contributed by atoms with Crippen LogP contribution in [0.25, 0.3) is 0 Å². The molecule has 3 heteroatoms. The highest BCUT2D eigenvalue weighted by Gasteiger charge is 2.21. The number of hydrogen-bond donors (Lipinski definition) is 1. The average Bonchev–Trinajstić information content (AvgIpc) is 1.88. The lowest BCUT2D eigenvalue weighted by atomic mass is 10.0. The number of carbonyl (C=O) groups excluding carboxylic acids is 1. The minimum absolute atomic E-state index is 0.336. The predicted octanol–water partition coefficient (Wildman–Crippen LogP) is 0.566. The van der Waals surface area contributed by atoms with E-state index in [1.165, 1.54) is 7.11 Å². The normalized spacial score (nSPS) is 16.0. The molecule has 10 heavy (non-hydrogen) atoms. The maximum Gasteiger partial charge on any atom is 0.311 e. The molecule has 0 saturated heterocycles. The van der Waals surface area contributed by atoms with E-state index in [1.54, 1.807) is 6.92 Å². The summed E-state index contributed by atoms with van der Waals surface area (Å²) in [5.74, 6) is -0.706. The lowest BCUT2D eigenvalue weighted by molar-refractivity contribution is -0.149. The Hall–Kier alpha value is -0.570. The van der Waals surface area contributed by atoms with Crippen molar-refractivity contribution >= 4 is 5.97 Å². The zero-order valence-electron chi connectivity index (χ0n) is 6.63. The van der Waals surface area contributed by atoms with E-state index in [-0.39, 0.29) is 11.9 Å². The Morgan fingerprint density at radius 1 is 1.70 bits per heavy atom. The molecule has 3 nitrogen and oxygen atoms in total. The number of carbonyl (C=O) groups is 1. The number of methoxy groups -OCH3 is 1. The minimum atomic E-state index is -0.613. The molecule has 0 aromatic heterocycles. The van der Waals surface area contributed by atoms with Crippen LogP contribution in [0.4, 0.5) is 0 Å². The maximum absolute atomic E-state index is 10.8. The summed E-state index contributed by atoms with van der Waals surface area (Å²) in [5.41, 5.74) is 0. The van der Waals surface area contributed by atoms with E-state index in [1.807, 2.05) is 6.92 Å². The maximum atomic E-state index is 10.8. The van der Waals surface area contributed by atoms with Gasteiger partial charge < -0.3 is 9.84 Å². The van der Waals surface area contributed by atoms with Gasteiger partial charge in [-0.05, 0) is 13.3 Å². The number of aliphatic hydroxyl groups is 1. The van der Waals surface area contributed by atoms with Crippen LogP contribution in [0.2, 0.25) is 0 Å². The number of ether oxygens (including phenoxy) is 1. The van der Waals surface area contributed by atoms with Crippen LogP contribution in [0.3, 0.4) is 0 Å². The lowest BCUT2D eigenvalue weighted by Crippen LogP contribution is -2.26. The Labute approximate surface area is 61.0 Å².